The van der Waals surface area contributed by atoms with Gasteiger partial charge in [-0.1, -0.05) is 64.1 Å². The van der Waals surface area contributed by atoms with Gasteiger partial charge in [0.05, 0.1) is 18.4 Å². The highest BCUT2D eigenvalue weighted by Gasteiger charge is 2.43. The number of imide groups is 1. The summed E-state index contributed by atoms with van der Waals surface area (Å²) in [6.45, 7) is 12.1. The summed E-state index contributed by atoms with van der Waals surface area (Å²) < 4.78 is 18.6. The molecule has 0 saturated heterocycles. The van der Waals surface area contributed by atoms with Gasteiger partial charge >= 0.3 is 0 Å². The predicted octanol–water partition coefficient (Wildman–Crippen LogP) is 4.56. The van der Waals surface area contributed by atoms with Gasteiger partial charge in [0.1, 0.15) is 0 Å². The molecule has 1 aromatic heterocycles. The molecule has 0 spiro atoms. The Hall–Kier alpha value is -3.63. The molecule has 2 heterocycles. The van der Waals surface area contributed by atoms with Crippen LogP contribution in [0.5, 0.6) is 0 Å². The molecule has 0 bridgehead atoms. The first kappa shape index (κ1) is 29.4. The van der Waals surface area contributed by atoms with Gasteiger partial charge in [-0.3, -0.25) is 24.0 Å². The number of hydrogen-bond donors (Lipinski definition) is 1. The molecule has 4 rings (SSSR count). The summed E-state index contributed by atoms with van der Waals surface area (Å²) >= 11 is 0. The summed E-state index contributed by atoms with van der Waals surface area (Å²) in [5.41, 5.74) is 3.34. The smallest absolute Gasteiger partial charge is 0.260 e. The Balaban J connectivity index is 1.52. The van der Waals surface area contributed by atoms with Crippen LogP contribution in [0.2, 0.25) is 0 Å². The quantitative estimate of drug-likeness (QED) is 0.402. The number of amides is 3. The molecule has 9 nitrogen and oxygen atoms in total. The van der Waals surface area contributed by atoms with Crippen molar-refractivity contribution in [2.75, 3.05) is 6.54 Å². The van der Waals surface area contributed by atoms with Gasteiger partial charge in [0.2, 0.25) is 5.91 Å². The van der Waals surface area contributed by atoms with Crippen LogP contribution < -0.4 is 5.14 Å². The van der Waals surface area contributed by atoms with Crippen LogP contribution in [-0.4, -0.2) is 43.2 Å². The second kappa shape index (κ2) is 11.1. The molecule has 1 aliphatic heterocycles. The van der Waals surface area contributed by atoms with Gasteiger partial charge in [0, 0.05) is 18.3 Å². The van der Waals surface area contributed by atoms with E-state index in [1.54, 1.807) is 38.2 Å². The zero-order valence-electron chi connectivity index (χ0n) is 23.9. The number of carbonyl (C=O) groups excluding carboxylic acids is 3. The maximum absolute atomic E-state index is 13.3. The van der Waals surface area contributed by atoms with Crippen LogP contribution >= 0.6 is 0 Å². The van der Waals surface area contributed by atoms with Crippen LogP contribution in [0.25, 0.3) is 0 Å². The lowest BCUT2D eigenvalue weighted by Crippen LogP contribution is -2.52. The Kier molecular flexibility index (Phi) is 8.14. The van der Waals surface area contributed by atoms with E-state index in [9.17, 15) is 18.6 Å². The number of rotatable bonds is 8. The van der Waals surface area contributed by atoms with Gasteiger partial charge in [-0.15, -0.1) is 4.36 Å². The van der Waals surface area contributed by atoms with Crippen molar-refractivity contribution in [3.63, 3.8) is 0 Å². The fraction of sp³-hybridized carbons (Fsp3) is 0.400. The van der Waals surface area contributed by atoms with Gasteiger partial charge < -0.3 is 0 Å². The largest absolute Gasteiger partial charge is 0.276 e. The van der Waals surface area contributed by atoms with Gasteiger partial charge in [-0.25, -0.2) is 9.35 Å². The second-order valence-electron chi connectivity index (χ2n) is 11.3. The zero-order valence-corrected chi connectivity index (χ0v) is 24.7. The Morgan fingerprint density at radius 3 is 2.23 bits per heavy atom. The molecule has 3 amide bonds. The highest BCUT2D eigenvalue weighted by atomic mass is 32.2. The number of fused-ring (bicyclic) bond motifs is 1. The summed E-state index contributed by atoms with van der Waals surface area (Å²) in [5, 5.41) is 10.3. The number of carbonyl (C=O) groups is 3. The minimum Gasteiger partial charge on any atom is -0.276 e. The minimum atomic E-state index is -3.60. The van der Waals surface area contributed by atoms with Crippen LogP contribution in [0.15, 0.2) is 64.1 Å². The molecule has 212 valence electrons. The van der Waals surface area contributed by atoms with Crippen molar-refractivity contribution < 1.29 is 18.6 Å². The van der Waals surface area contributed by atoms with Crippen molar-refractivity contribution in [2.24, 2.45) is 9.50 Å². The molecular weight excluding hydrogens is 526 g/mol. The zero-order chi connectivity index (χ0) is 29.4. The van der Waals surface area contributed by atoms with Crippen LogP contribution in [0, 0.1) is 0 Å². The van der Waals surface area contributed by atoms with Crippen molar-refractivity contribution in [3.8, 4) is 0 Å². The average Bonchev–Trinajstić information content (AvgIpc) is 3.37. The SMILES string of the molecule is CC(C)c1cccc(C(C)C)c1CC(=O)N=S(N)(=O)c1ccn(CCN2C(=O)c3ccccc3C(C)(C)C2=O)n1. The van der Waals surface area contributed by atoms with Crippen molar-refractivity contribution in [2.45, 2.75) is 76.8 Å². The molecular formula is C30H37N5O4S. The minimum absolute atomic E-state index is 0.00674. The molecule has 0 fully saturated rings. The fourth-order valence-electron chi connectivity index (χ4n) is 5.22. The molecule has 0 saturated carbocycles. The van der Waals surface area contributed by atoms with E-state index >= 15 is 0 Å². The number of aromatic nitrogens is 2. The lowest BCUT2D eigenvalue weighted by atomic mass is 9.77. The maximum atomic E-state index is 13.3. The number of nitrogens with two attached hydrogens (primary N) is 1. The Morgan fingerprint density at radius 1 is 0.975 bits per heavy atom. The third-order valence-electron chi connectivity index (χ3n) is 7.38. The average molecular weight is 564 g/mol. The van der Waals surface area contributed by atoms with Crippen LogP contribution in [0.1, 0.15) is 86.0 Å². The molecule has 10 heteroatoms. The maximum Gasteiger partial charge on any atom is 0.260 e. The summed E-state index contributed by atoms with van der Waals surface area (Å²) in [6.07, 6.45) is 1.54. The van der Waals surface area contributed by atoms with Gasteiger partial charge in [0.25, 0.3) is 11.8 Å². The van der Waals surface area contributed by atoms with E-state index < -0.39 is 21.2 Å². The third kappa shape index (κ3) is 5.64. The molecule has 2 aromatic carbocycles. The number of benzene rings is 2. The third-order valence-corrected chi connectivity index (χ3v) is 8.67. The standard InChI is InChI=1S/C30H37N5O4S/c1-19(2)21-11-9-12-22(20(3)4)24(21)18-26(36)33-40(31,39)27-14-15-34(32-27)16-17-35-28(37)23-10-7-8-13-25(23)30(5,6)29(35)38/h7-15,19-20H,16-18H2,1-6H3,(H2,31,33,36,39). The van der Waals surface area contributed by atoms with Crippen LogP contribution in [-0.2, 0) is 37.9 Å². The fourth-order valence-corrected chi connectivity index (χ4v) is 6.16. The van der Waals surface area contributed by atoms with Crippen molar-refractivity contribution >= 4 is 27.6 Å². The highest BCUT2D eigenvalue weighted by Crippen LogP contribution is 2.34. The number of nitrogens with zero attached hydrogens (tertiary/aromatic N) is 4. The summed E-state index contributed by atoms with van der Waals surface area (Å²) in [7, 11) is -3.60. The molecule has 1 unspecified atom stereocenters. The van der Waals surface area contributed by atoms with Crippen molar-refractivity contribution in [1.82, 2.24) is 14.7 Å². The first-order chi connectivity index (χ1) is 18.7. The second-order valence-corrected chi connectivity index (χ2v) is 13.0. The van der Waals surface area contributed by atoms with E-state index in [1.807, 2.05) is 24.3 Å². The lowest BCUT2D eigenvalue weighted by molar-refractivity contribution is -0.134. The van der Waals surface area contributed by atoms with Crippen LogP contribution in [0.4, 0.5) is 0 Å². The Labute approximate surface area is 236 Å². The predicted molar refractivity (Wildman–Crippen MR) is 154 cm³/mol. The van der Waals surface area contributed by atoms with E-state index in [1.165, 1.54) is 15.6 Å². The van der Waals surface area contributed by atoms with E-state index in [-0.39, 0.29) is 48.2 Å². The highest BCUT2D eigenvalue weighted by molar-refractivity contribution is 7.91. The first-order valence-corrected chi connectivity index (χ1v) is 15.0. The van der Waals surface area contributed by atoms with E-state index in [4.69, 9.17) is 5.14 Å². The molecule has 2 N–H and O–H groups in total. The normalized spacial score (nSPS) is 16.3. The van der Waals surface area contributed by atoms with Gasteiger partial charge in [-0.05, 0) is 60.1 Å². The molecule has 3 aromatic rings. The van der Waals surface area contributed by atoms with E-state index in [0.717, 1.165) is 16.7 Å². The lowest BCUT2D eigenvalue weighted by Gasteiger charge is -2.37. The molecule has 1 aliphatic rings. The monoisotopic (exact) mass is 563 g/mol. The van der Waals surface area contributed by atoms with Crippen molar-refractivity contribution in [3.05, 3.63) is 82.5 Å². The summed E-state index contributed by atoms with van der Waals surface area (Å²) in [4.78, 5) is 40.4. The molecule has 40 heavy (non-hydrogen) atoms. The van der Waals surface area contributed by atoms with E-state index in [2.05, 4.69) is 37.2 Å². The van der Waals surface area contributed by atoms with Gasteiger partial charge in [0.15, 0.2) is 14.9 Å². The summed E-state index contributed by atoms with van der Waals surface area (Å²) in [6, 6.07) is 14.5. The molecule has 1 atom stereocenters. The first-order valence-electron chi connectivity index (χ1n) is 13.4. The van der Waals surface area contributed by atoms with Crippen molar-refractivity contribution in [1.29, 1.82) is 0 Å². The van der Waals surface area contributed by atoms with E-state index in [0.29, 0.717) is 11.1 Å². The summed E-state index contributed by atoms with van der Waals surface area (Å²) in [5.74, 6) is -0.830. The molecule has 0 aliphatic carbocycles. The number of hydrogen-bond acceptors (Lipinski definition) is 5. The van der Waals surface area contributed by atoms with Crippen LogP contribution in [0.3, 0.4) is 0 Å². The molecule has 0 radical (unpaired) electrons. The Morgan fingerprint density at radius 2 is 1.60 bits per heavy atom. The Bertz CT molecular complexity index is 1570. The van der Waals surface area contributed by atoms with Gasteiger partial charge in [-0.2, -0.15) is 5.10 Å². The topological polar surface area (TPSA) is 128 Å².